The van der Waals surface area contributed by atoms with Gasteiger partial charge in [0.15, 0.2) is 0 Å². The molecule has 0 bridgehead atoms. The van der Waals surface area contributed by atoms with E-state index in [4.69, 9.17) is 5.73 Å². The summed E-state index contributed by atoms with van der Waals surface area (Å²) in [4.78, 5) is 0. The number of hydrogen-bond donors (Lipinski definition) is 1. The van der Waals surface area contributed by atoms with E-state index in [1.807, 2.05) is 0 Å². The zero-order valence-corrected chi connectivity index (χ0v) is 9.11. The van der Waals surface area contributed by atoms with E-state index in [-0.39, 0.29) is 0 Å². The maximum Gasteiger partial charge on any atom is 0.0233 e. The Morgan fingerprint density at radius 2 is 1.75 bits per heavy atom. The fourth-order valence-corrected chi connectivity index (χ4v) is 1.58. The smallest absolute Gasteiger partial charge is 0.0233 e. The summed E-state index contributed by atoms with van der Waals surface area (Å²) in [5, 5.41) is 0. The highest BCUT2D eigenvalue weighted by atomic mass is 79.9. The summed E-state index contributed by atoms with van der Waals surface area (Å²) < 4.78 is 1.21. The monoisotopic (exact) mass is 227 g/mol. The normalized spacial score (nSPS) is 10.3. The predicted molar refractivity (Wildman–Crippen MR) is 56.4 cm³/mol. The number of aryl methyl sites for hydroxylation is 2. The highest BCUT2D eigenvalue weighted by molar-refractivity contribution is 9.10. The van der Waals surface area contributed by atoms with Gasteiger partial charge in [0.2, 0.25) is 0 Å². The standard InChI is InChI=1S/C10H14BrN/c1-7-5-9(3-4-12)6-8(2)10(7)11/h5-6H,3-4,12H2,1-2H3. The van der Waals surface area contributed by atoms with Gasteiger partial charge in [-0.15, -0.1) is 0 Å². The summed E-state index contributed by atoms with van der Waals surface area (Å²) in [6.07, 6.45) is 0.967. The molecule has 1 nitrogen and oxygen atoms in total. The lowest BCUT2D eigenvalue weighted by Crippen LogP contribution is -2.03. The molecule has 1 rings (SSSR count). The molecule has 66 valence electrons. The van der Waals surface area contributed by atoms with Crippen LogP contribution >= 0.6 is 15.9 Å². The molecule has 0 unspecified atom stereocenters. The average Bonchev–Trinajstić information content (AvgIpc) is 2.01. The van der Waals surface area contributed by atoms with Gasteiger partial charge in [0.05, 0.1) is 0 Å². The van der Waals surface area contributed by atoms with Crippen LogP contribution in [-0.2, 0) is 6.42 Å². The van der Waals surface area contributed by atoms with E-state index in [0.717, 1.165) is 13.0 Å². The van der Waals surface area contributed by atoms with E-state index in [0.29, 0.717) is 0 Å². The molecule has 2 heteroatoms. The summed E-state index contributed by atoms with van der Waals surface area (Å²) >= 11 is 3.53. The number of benzene rings is 1. The molecule has 0 saturated carbocycles. The minimum Gasteiger partial charge on any atom is -0.330 e. The van der Waals surface area contributed by atoms with Crippen LogP contribution in [0.3, 0.4) is 0 Å². The molecule has 12 heavy (non-hydrogen) atoms. The van der Waals surface area contributed by atoms with Crippen LogP contribution in [0.2, 0.25) is 0 Å². The van der Waals surface area contributed by atoms with Crippen molar-refractivity contribution >= 4 is 15.9 Å². The van der Waals surface area contributed by atoms with E-state index in [2.05, 4.69) is 41.9 Å². The fourth-order valence-electron chi connectivity index (χ4n) is 1.35. The summed E-state index contributed by atoms with van der Waals surface area (Å²) in [6, 6.07) is 4.37. The van der Waals surface area contributed by atoms with Gasteiger partial charge in [-0.05, 0) is 43.5 Å². The molecule has 0 aromatic heterocycles. The molecule has 0 fully saturated rings. The minimum absolute atomic E-state index is 0.723. The first-order valence-corrected chi connectivity index (χ1v) is 4.90. The number of hydrogen-bond acceptors (Lipinski definition) is 1. The van der Waals surface area contributed by atoms with Gasteiger partial charge < -0.3 is 5.73 Å². The van der Waals surface area contributed by atoms with Gasteiger partial charge in [0, 0.05) is 4.47 Å². The molecule has 1 aromatic rings. The maximum absolute atomic E-state index is 5.49. The Labute approximate surface area is 82.1 Å². The second-order valence-corrected chi connectivity index (χ2v) is 3.88. The number of rotatable bonds is 2. The van der Waals surface area contributed by atoms with E-state index in [1.165, 1.54) is 21.2 Å². The van der Waals surface area contributed by atoms with Crippen LogP contribution in [-0.4, -0.2) is 6.54 Å². The summed E-state index contributed by atoms with van der Waals surface area (Å²) in [5.74, 6) is 0. The van der Waals surface area contributed by atoms with Crippen LogP contribution in [0.1, 0.15) is 16.7 Å². The van der Waals surface area contributed by atoms with Gasteiger partial charge >= 0.3 is 0 Å². The first kappa shape index (κ1) is 9.75. The van der Waals surface area contributed by atoms with Crippen molar-refractivity contribution in [3.8, 4) is 0 Å². The first-order chi connectivity index (χ1) is 5.65. The van der Waals surface area contributed by atoms with Crippen LogP contribution in [0.5, 0.6) is 0 Å². The lowest BCUT2D eigenvalue weighted by Gasteiger charge is -2.06. The first-order valence-electron chi connectivity index (χ1n) is 4.11. The molecule has 0 amide bonds. The third kappa shape index (κ3) is 2.08. The van der Waals surface area contributed by atoms with Gasteiger partial charge in [-0.2, -0.15) is 0 Å². The molecule has 0 aliphatic rings. The molecule has 0 radical (unpaired) electrons. The highest BCUT2D eigenvalue weighted by Crippen LogP contribution is 2.22. The van der Waals surface area contributed by atoms with Gasteiger partial charge in [-0.3, -0.25) is 0 Å². The third-order valence-electron chi connectivity index (χ3n) is 1.93. The van der Waals surface area contributed by atoms with E-state index < -0.39 is 0 Å². The van der Waals surface area contributed by atoms with Crippen LogP contribution < -0.4 is 5.73 Å². The van der Waals surface area contributed by atoms with Gasteiger partial charge in [0.1, 0.15) is 0 Å². The maximum atomic E-state index is 5.49. The van der Waals surface area contributed by atoms with Crippen molar-refractivity contribution in [2.24, 2.45) is 5.73 Å². The van der Waals surface area contributed by atoms with E-state index in [9.17, 15) is 0 Å². The van der Waals surface area contributed by atoms with Crippen molar-refractivity contribution in [2.75, 3.05) is 6.54 Å². The molecule has 2 N–H and O–H groups in total. The second kappa shape index (κ2) is 4.06. The van der Waals surface area contributed by atoms with Crippen molar-refractivity contribution in [1.82, 2.24) is 0 Å². The summed E-state index contributed by atoms with van der Waals surface area (Å²) in [6.45, 7) is 4.94. The van der Waals surface area contributed by atoms with Crippen molar-refractivity contribution < 1.29 is 0 Å². The topological polar surface area (TPSA) is 26.0 Å². The van der Waals surface area contributed by atoms with Crippen LogP contribution in [0.25, 0.3) is 0 Å². The summed E-state index contributed by atoms with van der Waals surface area (Å²) in [5.41, 5.74) is 9.40. The lowest BCUT2D eigenvalue weighted by molar-refractivity contribution is 0.963. The van der Waals surface area contributed by atoms with Gasteiger partial charge in [0.25, 0.3) is 0 Å². The quantitative estimate of drug-likeness (QED) is 0.827. The van der Waals surface area contributed by atoms with Crippen molar-refractivity contribution in [3.63, 3.8) is 0 Å². The molecular weight excluding hydrogens is 214 g/mol. The minimum atomic E-state index is 0.723. The van der Waals surface area contributed by atoms with Crippen molar-refractivity contribution in [3.05, 3.63) is 33.3 Å². The average molecular weight is 228 g/mol. The molecule has 0 heterocycles. The predicted octanol–water partition coefficient (Wildman–Crippen LogP) is 2.57. The molecule has 0 spiro atoms. The van der Waals surface area contributed by atoms with Crippen LogP contribution in [0.4, 0.5) is 0 Å². The Bertz CT molecular complexity index is 258. The van der Waals surface area contributed by atoms with Crippen molar-refractivity contribution in [1.29, 1.82) is 0 Å². The summed E-state index contributed by atoms with van der Waals surface area (Å²) in [7, 11) is 0. The zero-order chi connectivity index (χ0) is 9.14. The molecule has 0 aliphatic heterocycles. The number of halogens is 1. The Kier molecular flexibility index (Phi) is 3.29. The third-order valence-corrected chi connectivity index (χ3v) is 3.18. The van der Waals surface area contributed by atoms with Gasteiger partial charge in [-0.25, -0.2) is 0 Å². The second-order valence-electron chi connectivity index (χ2n) is 3.08. The fraction of sp³-hybridized carbons (Fsp3) is 0.400. The van der Waals surface area contributed by atoms with Gasteiger partial charge in [-0.1, -0.05) is 28.1 Å². The molecule has 1 aromatic carbocycles. The number of nitrogens with two attached hydrogens (primary N) is 1. The molecule has 0 aliphatic carbocycles. The van der Waals surface area contributed by atoms with E-state index in [1.54, 1.807) is 0 Å². The Balaban J connectivity index is 3.04. The molecule has 0 saturated heterocycles. The Morgan fingerprint density at radius 3 is 2.17 bits per heavy atom. The largest absolute Gasteiger partial charge is 0.330 e. The molecule has 0 atom stereocenters. The van der Waals surface area contributed by atoms with Crippen LogP contribution in [0.15, 0.2) is 16.6 Å². The highest BCUT2D eigenvalue weighted by Gasteiger charge is 2.00. The Hall–Kier alpha value is -0.340. The van der Waals surface area contributed by atoms with Crippen LogP contribution in [0, 0.1) is 13.8 Å². The SMILES string of the molecule is Cc1cc(CCN)cc(C)c1Br. The van der Waals surface area contributed by atoms with Crippen molar-refractivity contribution in [2.45, 2.75) is 20.3 Å². The Morgan fingerprint density at radius 1 is 1.25 bits per heavy atom. The molecular formula is C10H14BrN. The lowest BCUT2D eigenvalue weighted by atomic mass is 10.1. The zero-order valence-electron chi connectivity index (χ0n) is 7.52. The van der Waals surface area contributed by atoms with E-state index >= 15 is 0 Å².